The van der Waals surface area contributed by atoms with Gasteiger partial charge in [0.05, 0.1) is 0 Å². The Kier molecular flexibility index (Phi) is 13.8. The van der Waals surface area contributed by atoms with Crippen molar-refractivity contribution in [2.24, 2.45) is 5.73 Å². The van der Waals surface area contributed by atoms with E-state index in [-0.39, 0.29) is 49.6 Å². The molecule has 3 N–H and O–H groups in total. The number of phenolic OH excluding ortho intramolecular Hbond substituents is 1. The largest absolute Gasteiger partial charge is 1.00 e. The van der Waals surface area contributed by atoms with Crippen molar-refractivity contribution in [1.29, 1.82) is 0 Å². The summed E-state index contributed by atoms with van der Waals surface area (Å²) in [7, 11) is 0. The van der Waals surface area contributed by atoms with E-state index < -0.39 is 18.0 Å². The number of benzene rings is 1. The fourth-order valence-corrected chi connectivity index (χ4v) is 2.43. The summed E-state index contributed by atoms with van der Waals surface area (Å²) in [5.74, 6) is -1.05. The standard InChI is InChI=1S/C19H29NO4.Na.H/c1-2-3-4-5-6-7-8-9-18(22)24-19(23)17(20)14-15-10-12-16(21)13-11-15;;/h10-13,17,21H,2-9,14,20H2,1H3;;/q;+1;-1/t17-;;/m0../s1. The van der Waals surface area contributed by atoms with Crippen molar-refractivity contribution in [2.75, 3.05) is 0 Å². The maximum absolute atomic E-state index is 11.8. The third-order valence-corrected chi connectivity index (χ3v) is 3.89. The van der Waals surface area contributed by atoms with Gasteiger partial charge in [0, 0.05) is 6.42 Å². The van der Waals surface area contributed by atoms with E-state index in [1.165, 1.54) is 37.8 Å². The molecule has 0 heterocycles. The number of carbonyl (C=O) groups excluding carboxylic acids is 2. The minimum atomic E-state index is -0.882. The molecule has 0 aliphatic heterocycles. The SMILES string of the molecule is CCCCCCCCCC(=O)OC(=O)[C@@H](N)Cc1ccc(O)cc1.[H-].[Na+]. The Morgan fingerprint density at radius 1 is 1.08 bits per heavy atom. The molecule has 0 amide bonds. The average molecular weight is 359 g/mol. The number of ether oxygens (including phenoxy) is 1. The Balaban J connectivity index is 0. The third-order valence-electron chi connectivity index (χ3n) is 3.89. The summed E-state index contributed by atoms with van der Waals surface area (Å²) < 4.78 is 4.80. The first-order valence-electron chi connectivity index (χ1n) is 8.81. The Hall–Kier alpha value is -0.880. The number of hydrogen-bond acceptors (Lipinski definition) is 5. The van der Waals surface area contributed by atoms with E-state index in [0.29, 0.717) is 0 Å². The molecule has 136 valence electrons. The van der Waals surface area contributed by atoms with E-state index in [1.54, 1.807) is 12.1 Å². The van der Waals surface area contributed by atoms with Crippen LogP contribution in [0.15, 0.2) is 24.3 Å². The molecule has 0 saturated heterocycles. The molecule has 0 aliphatic rings. The second-order valence-corrected chi connectivity index (χ2v) is 6.14. The summed E-state index contributed by atoms with van der Waals surface area (Å²) in [5, 5.41) is 9.21. The van der Waals surface area contributed by atoms with Crippen molar-refractivity contribution in [3.8, 4) is 5.75 Å². The van der Waals surface area contributed by atoms with Crippen LogP contribution >= 0.6 is 0 Å². The molecule has 25 heavy (non-hydrogen) atoms. The zero-order valence-electron chi connectivity index (χ0n) is 16.5. The molecule has 1 aromatic carbocycles. The fourth-order valence-electron chi connectivity index (χ4n) is 2.43. The third kappa shape index (κ3) is 11.4. The molecule has 0 bridgehead atoms. The van der Waals surface area contributed by atoms with Gasteiger partial charge in [0.25, 0.3) is 0 Å². The topological polar surface area (TPSA) is 89.6 Å². The smallest absolute Gasteiger partial charge is 1.00 e. The molecule has 6 heteroatoms. The van der Waals surface area contributed by atoms with Crippen LogP contribution in [0, 0.1) is 0 Å². The number of aromatic hydroxyl groups is 1. The molecule has 1 aromatic rings. The van der Waals surface area contributed by atoms with Crippen LogP contribution < -0.4 is 35.3 Å². The fraction of sp³-hybridized carbons (Fsp3) is 0.579. The summed E-state index contributed by atoms with van der Waals surface area (Å²) in [5.41, 5.74) is 6.57. The predicted molar refractivity (Wildman–Crippen MR) is 94.6 cm³/mol. The molecular formula is C19H30NNaO4. The van der Waals surface area contributed by atoms with Gasteiger partial charge in [-0.25, -0.2) is 4.79 Å². The van der Waals surface area contributed by atoms with Crippen molar-refractivity contribution < 1.29 is 50.4 Å². The van der Waals surface area contributed by atoms with Crippen molar-refractivity contribution >= 4 is 11.9 Å². The predicted octanol–water partition coefficient (Wildman–Crippen LogP) is 0.589. The Morgan fingerprint density at radius 3 is 2.24 bits per heavy atom. The molecular weight excluding hydrogens is 329 g/mol. The zero-order chi connectivity index (χ0) is 17.8. The first-order valence-corrected chi connectivity index (χ1v) is 8.81. The molecule has 0 fully saturated rings. The van der Waals surface area contributed by atoms with Gasteiger partial charge in [0.1, 0.15) is 11.8 Å². The van der Waals surface area contributed by atoms with Crippen LogP contribution in [0.5, 0.6) is 5.75 Å². The Morgan fingerprint density at radius 2 is 1.64 bits per heavy atom. The van der Waals surface area contributed by atoms with Crippen molar-refractivity contribution in [2.45, 2.75) is 70.8 Å². The summed E-state index contributed by atoms with van der Waals surface area (Å²) in [6.07, 6.45) is 8.27. The summed E-state index contributed by atoms with van der Waals surface area (Å²) in [4.78, 5) is 23.5. The molecule has 0 radical (unpaired) electrons. The van der Waals surface area contributed by atoms with E-state index in [4.69, 9.17) is 10.5 Å². The molecule has 0 unspecified atom stereocenters. The molecule has 1 rings (SSSR count). The summed E-state index contributed by atoms with van der Waals surface area (Å²) >= 11 is 0. The Bertz CT molecular complexity index is 511. The normalized spacial score (nSPS) is 11.4. The van der Waals surface area contributed by atoms with Crippen LogP contribution in [-0.2, 0) is 20.7 Å². The van der Waals surface area contributed by atoms with Crippen LogP contribution in [0.25, 0.3) is 0 Å². The number of unbranched alkanes of at least 4 members (excludes halogenated alkanes) is 6. The number of phenols is 1. The quantitative estimate of drug-likeness (QED) is 0.261. The van der Waals surface area contributed by atoms with Crippen LogP contribution in [-0.4, -0.2) is 23.1 Å². The zero-order valence-corrected chi connectivity index (χ0v) is 17.5. The van der Waals surface area contributed by atoms with Gasteiger partial charge >= 0.3 is 41.5 Å². The molecule has 0 aliphatic carbocycles. The van der Waals surface area contributed by atoms with Gasteiger partial charge in [-0.1, -0.05) is 57.6 Å². The van der Waals surface area contributed by atoms with Crippen molar-refractivity contribution in [3.63, 3.8) is 0 Å². The summed E-state index contributed by atoms with van der Waals surface area (Å²) in [6.45, 7) is 2.18. The maximum atomic E-state index is 11.8. The Labute approximate surface area is 174 Å². The van der Waals surface area contributed by atoms with Crippen LogP contribution in [0.1, 0.15) is 65.3 Å². The number of esters is 2. The van der Waals surface area contributed by atoms with Gasteiger partial charge in [-0.05, 0) is 30.5 Å². The van der Waals surface area contributed by atoms with Gasteiger partial charge in [-0.3, -0.25) is 4.79 Å². The molecule has 0 saturated carbocycles. The average Bonchev–Trinajstić information content (AvgIpc) is 2.56. The molecule has 5 nitrogen and oxygen atoms in total. The van der Waals surface area contributed by atoms with E-state index in [2.05, 4.69) is 6.92 Å². The van der Waals surface area contributed by atoms with Crippen molar-refractivity contribution in [3.05, 3.63) is 29.8 Å². The monoisotopic (exact) mass is 359 g/mol. The van der Waals surface area contributed by atoms with E-state index in [1.807, 2.05) is 0 Å². The van der Waals surface area contributed by atoms with Crippen LogP contribution in [0.3, 0.4) is 0 Å². The second-order valence-electron chi connectivity index (χ2n) is 6.14. The first kappa shape index (κ1) is 24.1. The van der Waals surface area contributed by atoms with Gasteiger partial charge in [0.2, 0.25) is 0 Å². The number of rotatable bonds is 11. The number of carbonyl (C=O) groups is 2. The molecule has 0 spiro atoms. The number of nitrogens with two attached hydrogens (primary N) is 1. The second kappa shape index (κ2) is 14.3. The van der Waals surface area contributed by atoms with Gasteiger partial charge in [-0.2, -0.15) is 0 Å². The maximum Gasteiger partial charge on any atom is 1.00 e. The van der Waals surface area contributed by atoms with Crippen molar-refractivity contribution in [1.82, 2.24) is 0 Å². The van der Waals surface area contributed by atoms with E-state index in [0.717, 1.165) is 24.8 Å². The first-order chi connectivity index (χ1) is 11.5. The van der Waals surface area contributed by atoms with E-state index in [9.17, 15) is 14.7 Å². The number of hydrogen-bond donors (Lipinski definition) is 2. The minimum absolute atomic E-state index is 0. The summed E-state index contributed by atoms with van der Waals surface area (Å²) in [6, 6.07) is 5.54. The van der Waals surface area contributed by atoms with Crippen LogP contribution in [0.4, 0.5) is 0 Å². The van der Waals surface area contributed by atoms with Crippen LogP contribution in [0.2, 0.25) is 0 Å². The van der Waals surface area contributed by atoms with Gasteiger partial charge in [0.15, 0.2) is 0 Å². The molecule has 1 atom stereocenters. The molecule has 0 aromatic heterocycles. The van der Waals surface area contributed by atoms with E-state index >= 15 is 0 Å². The van der Waals surface area contributed by atoms with Gasteiger partial charge in [-0.15, -0.1) is 0 Å². The minimum Gasteiger partial charge on any atom is -1.00 e. The van der Waals surface area contributed by atoms with Gasteiger partial charge < -0.3 is 17.0 Å².